The predicted octanol–water partition coefficient (Wildman–Crippen LogP) is 3.45. The third kappa shape index (κ3) is 4.22. The second-order valence-corrected chi connectivity index (χ2v) is 5.65. The van der Waals surface area contributed by atoms with E-state index in [0.29, 0.717) is 5.92 Å². The summed E-state index contributed by atoms with van der Waals surface area (Å²) in [6, 6.07) is 8.48. The van der Waals surface area contributed by atoms with Crippen LogP contribution >= 0.6 is 0 Å². The van der Waals surface area contributed by atoms with Gasteiger partial charge < -0.3 is 10.5 Å². The Morgan fingerprint density at radius 3 is 2.35 bits per heavy atom. The highest BCUT2D eigenvalue weighted by molar-refractivity contribution is 5.36. The van der Waals surface area contributed by atoms with Crippen molar-refractivity contribution in [1.82, 2.24) is 4.90 Å². The molecule has 0 spiro atoms. The first kappa shape index (κ1) is 17.0. The molecule has 1 aromatic carbocycles. The van der Waals surface area contributed by atoms with Gasteiger partial charge in [-0.2, -0.15) is 0 Å². The van der Waals surface area contributed by atoms with Crippen LogP contribution in [0.4, 0.5) is 0 Å². The molecular formula is C17H30N2O. The predicted molar refractivity (Wildman–Crippen MR) is 86.1 cm³/mol. The van der Waals surface area contributed by atoms with Crippen LogP contribution in [-0.2, 0) is 0 Å². The van der Waals surface area contributed by atoms with E-state index in [0.717, 1.165) is 18.8 Å². The zero-order chi connectivity index (χ0) is 15.1. The van der Waals surface area contributed by atoms with Gasteiger partial charge in [0.2, 0.25) is 0 Å². The van der Waals surface area contributed by atoms with Crippen molar-refractivity contribution in [1.29, 1.82) is 0 Å². The summed E-state index contributed by atoms with van der Waals surface area (Å²) in [6.45, 7) is 10.9. The Bertz CT molecular complexity index is 392. The molecule has 0 aliphatic carbocycles. The highest BCUT2D eigenvalue weighted by Crippen LogP contribution is 2.31. The largest absolute Gasteiger partial charge is 0.496 e. The van der Waals surface area contributed by atoms with Crippen LogP contribution in [0.25, 0.3) is 0 Å². The van der Waals surface area contributed by atoms with Gasteiger partial charge >= 0.3 is 0 Å². The minimum atomic E-state index is 0.0651. The van der Waals surface area contributed by atoms with Crippen molar-refractivity contribution in [2.24, 2.45) is 11.7 Å². The maximum Gasteiger partial charge on any atom is 0.123 e. The highest BCUT2D eigenvalue weighted by atomic mass is 16.5. The smallest absolute Gasteiger partial charge is 0.123 e. The minimum Gasteiger partial charge on any atom is -0.496 e. The first-order valence-electron chi connectivity index (χ1n) is 7.67. The Labute approximate surface area is 124 Å². The Kier molecular flexibility index (Phi) is 7.03. The lowest BCUT2D eigenvalue weighted by molar-refractivity contribution is 0.157. The van der Waals surface area contributed by atoms with E-state index in [9.17, 15) is 0 Å². The summed E-state index contributed by atoms with van der Waals surface area (Å²) in [6.07, 6.45) is 1.19. The molecule has 0 saturated carbocycles. The Morgan fingerprint density at radius 1 is 1.20 bits per heavy atom. The summed E-state index contributed by atoms with van der Waals surface area (Å²) in [7, 11) is 1.72. The van der Waals surface area contributed by atoms with Gasteiger partial charge in [-0.3, -0.25) is 4.90 Å². The second kappa shape index (κ2) is 8.28. The summed E-state index contributed by atoms with van der Waals surface area (Å²) in [5, 5.41) is 0. The molecule has 0 heterocycles. The molecule has 1 aromatic rings. The van der Waals surface area contributed by atoms with E-state index in [1.807, 2.05) is 12.1 Å². The number of hydrogen-bond acceptors (Lipinski definition) is 3. The van der Waals surface area contributed by atoms with Crippen LogP contribution in [0.15, 0.2) is 24.3 Å². The van der Waals surface area contributed by atoms with Gasteiger partial charge in [-0.25, -0.2) is 0 Å². The fourth-order valence-electron chi connectivity index (χ4n) is 2.69. The lowest BCUT2D eigenvalue weighted by Gasteiger charge is -2.36. The number of para-hydroxylation sites is 1. The Hall–Kier alpha value is -1.06. The Balaban J connectivity index is 3.08. The third-order valence-corrected chi connectivity index (χ3v) is 4.00. The second-order valence-electron chi connectivity index (χ2n) is 5.65. The van der Waals surface area contributed by atoms with Crippen molar-refractivity contribution in [3.05, 3.63) is 29.8 Å². The van der Waals surface area contributed by atoms with Crippen molar-refractivity contribution in [2.45, 2.75) is 46.2 Å². The van der Waals surface area contributed by atoms with Gasteiger partial charge in [0, 0.05) is 18.2 Å². The van der Waals surface area contributed by atoms with Crippen LogP contribution in [0.2, 0.25) is 0 Å². The van der Waals surface area contributed by atoms with Crippen molar-refractivity contribution >= 4 is 0 Å². The molecule has 0 radical (unpaired) electrons. The average Bonchev–Trinajstić information content (AvgIpc) is 2.46. The SMILES string of the molecule is CCC(C)CN(CC)C(c1ccccc1OC)C(C)N. The highest BCUT2D eigenvalue weighted by Gasteiger charge is 2.26. The summed E-state index contributed by atoms with van der Waals surface area (Å²) >= 11 is 0. The molecule has 0 aliphatic heterocycles. The molecule has 20 heavy (non-hydrogen) atoms. The van der Waals surface area contributed by atoms with Gasteiger partial charge in [-0.1, -0.05) is 45.4 Å². The molecule has 3 heteroatoms. The minimum absolute atomic E-state index is 0.0651. The van der Waals surface area contributed by atoms with Crippen LogP contribution in [0.3, 0.4) is 0 Å². The number of methoxy groups -OCH3 is 1. The van der Waals surface area contributed by atoms with E-state index in [-0.39, 0.29) is 12.1 Å². The van der Waals surface area contributed by atoms with Crippen molar-refractivity contribution in [3.63, 3.8) is 0 Å². The number of hydrogen-bond donors (Lipinski definition) is 1. The lowest BCUT2D eigenvalue weighted by atomic mass is 9.96. The molecule has 1 rings (SSSR count). The average molecular weight is 278 g/mol. The summed E-state index contributed by atoms with van der Waals surface area (Å²) in [5.41, 5.74) is 7.48. The van der Waals surface area contributed by atoms with Crippen molar-refractivity contribution in [3.8, 4) is 5.75 Å². The van der Waals surface area contributed by atoms with Crippen LogP contribution in [0.1, 0.15) is 45.7 Å². The van der Waals surface area contributed by atoms with Crippen LogP contribution in [-0.4, -0.2) is 31.1 Å². The number of benzene rings is 1. The van der Waals surface area contributed by atoms with E-state index >= 15 is 0 Å². The molecule has 3 unspecified atom stereocenters. The summed E-state index contributed by atoms with van der Waals surface area (Å²) in [4.78, 5) is 2.47. The zero-order valence-electron chi connectivity index (χ0n) is 13.6. The van der Waals surface area contributed by atoms with Crippen LogP contribution in [0, 0.1) is 5.92 Å². The standard InChI is InChI=1S/C17H30N2O/c1-6-13(3)12-19(7-2)17(14(4)18)15-10-8-9-11-16(15)20-5/h8-11,13-14,17H,6-7,12,18H2,1-5H3. The van der Waals surface area contributed by atoms with Gasteiger partial charge in [0.15, 0.2) is 0 Å². The Morgan fingerprint density at radius 2 is 1.85 bits per heavy atom. The molecule has 0 aliphatic rings. The fraction of sp³-hybridized carbons (Fsp3) is 0.647. The van der Waals surface area contributed by atoms with Crippen LogP contribution < -0.4 is 10.5 Å². The maximum atomic E-state index is 6.29. The van der Waals surface area contributed by atoms with E-state index < -0.39 is 0 Å². The quantitative estimate of drug-likeness (QED) is 0.791. The topological polar surface area (TPSA) is 38.5 Å². The molecule has 0 amide bonds. The molecule has 0 aromatic heterocycles. The number of ether oxygens (including phenoxy) is 1. The maximum absolute atomic E-state index is 6.29. The van der Waals surface area contributed by atoms with E-state index in [2.05, 4.69) is 44.7 Å². The summed E-state index contributed by atoms with van der Waals surface area (Å²) < 4.78 is 5.52. The molecule has 2 N–H and O–H groups in total. The van der Waals surface area contributed by atoms with Gasteiger partial charge in [0.25, 0.3) is 0 Å². The number of likely N-dealkylation sites (N-methyl/N-ethyl adjacent to an activating group) is 1. The number of nitrogens with two attached hydrogens (primary N) is 1. The number of nitrogens with zero attached hydrogens (tertiary/aromatic N) is 1. The lowest BCUT2D eigenvalue weighted by Crippen LogP contribution is -2.41. The first-order chi connectivity index (χ1) is 9.54. The van der Waals surface area contributed by atoms with Crippen molar-refractivity contribution < 1.29 is 4.74 Å². The van der Waals surface area contributed by atoms with Crippen LogP contribution in [0.5, 0.6) is 5.75 Å². The molecular weight excluding hydrogens is 248 g/mol. The van der Waals surface area contributed by atoms with E-state index in [1.165, 1.54) is 12.0 Å². The van der Waals surface area contributed by atoms with Crippen molar-refractivity contribution in [2.75, 3.05) is 20.2 Å². The molecule has 0 fully saturated rings. The summed E-state index contributed by atoms with van der Waals surface area (Å²) in [5.74, 6) is 1.60. The number of rotatable bonds is 8. The molecule has 0 bridgehead atoms. The van der Waals surface area contributed by atoms with Gasteiger partial charge in [-0.05, 0) is 25.5 Å². The first-order valence-corrected chi connectivity index (χ1v) is 7.67. The zero-order valence-corrected chi connectivity index (χ0v) is 13.6. The normalized spacial score (nSPS) is 15.9. The molecule has 114 valence electrons. The van der Waals surface area contributed by atoms with E-state index in [4.69, 9.17) is 10.5 Å². The third-order valence-electron chi connectivity index (χ3n) is 4.00. The van der Waals surface area contributed by atoms with Gasteiger partial charge in [0.05, 0.1) is 13.2 Å². The van der Waals surface area contributed by atoms with Gasteiger partial charge in [-0.15, -0.1) is 0 Å². The molecule has 0 saturated heterocycles. The van der Waals surface area contributed by atoms with E-state index in [1.54, 1.807) is 7.11 Å². The monoisotopic (exact) mass is 278 g/mol. The fourth-order valence-corrected chi connectivity index (χ4v) is 2.69. The van der Waals surface area contributed by atoms with Gasteiger partial charge in [0.1, 0.15) is 5.75 Å². The molecule has 3 atom stereocenters. The molecule has 3 nitrogen and oxygen atoms in total.